The van der Waals surface area contributed by atoms with Crippen LogP contribution in [0.5, 0.6) is 0 Å². The summed E-state index contributed by atoms with van der Waals surface area (Å²) in [5.74, 6) is 0. The van der Waals surface area contributed by atoms with Crippen LogP contribution in [0.15, 0.2) is 188 Å². The van der Waals surface area contributed by atoms with E-state index in [-0.39, 0.29) is 0 Å². The van der Waals surface area contributed by atoms with E-state index in [0.29, 0.717) is 0 Å². The monoisotopic (exact) mass is 648 g/mol. The molecule has 0 saturated heterocycles. The summed E-state index contributed by atoms with van der Waals surface area (Å²) >= 11 is 0. The number of fused-ring (bicyclic) bond motifs is 13. The van der Waals surface area contributed by atoms with Crippen LogP contribution in [0.4, 0.5) is 17.1 Å². The third kappa shape index (κ3) is 3.87. The standard InChI is InChI=1S/C49H32N2/c1-2-13-32(14-3-1)33-25-27-34(28-26-33)51(35-29-30-39-38-17-7-11-23-45(38)50-46(39)31-35)47-24-12-22-44-48(47)40-18-6-10-21-43(40)49(44)41-19-8-4-15-36(41)37-16-5-9-20-42(37)49/h1-31,50H. The molecule has 0 aliphatic heterocycles. The molecular formula is C49H32N2. The van der Waals surface area contributed by atoms with Crippen molar-refractivity contribution in [1.29, 1.82) is 0 Å². The van der Waals surface area contributed by atoms with E-state index in [9.17, 15) is 0 Å². The summed E-state index contributed by atoms with van der Waals surface area (Å²) in [6.07, 6.45) is 0. The van der Waals surface area contributed by atoms with E-state index in [4.69, 9.17) is 0 Å². The molecule has 0 fully saturated rings. The highest BCUT2D eigenvalue weighted by atomic mass is 15.1. The number of anilines is 3. The van der Waals surface area contributed by atoms with Gasteiger partial charge in [0, 0.05) is 38.7 Å². The number of nitrogens with zero attached hydrogens (tertiary/aromatic N) is 1. The summed E-state index contributed by atoms with van der Waals surface area (Å²) in [5.41, 5.74) is 18.3. The largest absolute Gasteiger partial charge is 0.354 e. The van der Waals surface area contributed by atoms with Crippen molar-refractivity contribution in [3.63, 3.8) is 0 Å². The predicted octanol–water partition coefficient (Wildman–Crippen LogP) is 12.8. The average molecular weight is 649 g/mol. The fraction of sp³-hybridized carbons (Fsp3) is 0.0204. The summed E-state index contributed by atoms with van der Waals surface area (Å²) in [5, 5.41) is 2.48. The van der Waals surface area contributed by atoms with Gasteiger partial charge in [-0.3, -0.25) is 0 Å². The van der Waals surface area contributed by atoms with Crippen LogP contribution in [0.2, 0.25) is 0 Å². The summed E-state index contributed by atoms with van der Waals surface area (Å²) in [4.78, 5) is 6.17. The number of nitrogens with one attached hydrogen (secondary N) is 1. The number of H-pyrrole nitrogens is 1. The molecule has 0 atom stereocenters. The highest BCUT2D eigenvalue weighted by Crippen LogP contribution is 2.64. The van der Waals surface area contributed by atoms with Crippen molar-refractivity contribution >= 4 is 38.9 Å². The molecule has 2 nitrogen and oxygen atoms in total. The molecule has 1 spiro atoms. The first kappa shape index (κ1) is 28.2. The Hall–Kier alpha value is -6.64. The lowest BCUT2D eigenvalue weighted by molar-refractivity contribution is 0.794. The van der Waals surface area contributed by atoms with Crippen LogP contribution in [-0.2, 0) is 5.41 Å². The third-order valence-electron chi connectivity index (χ3n) is 11.2. The zero-order chi connectivity index (χ0) is 33.5. The van der Waals surface area contributed by atoms with Crippen LogP contribution in [0.25, 0.3) is 55.2 Å². The van der Waals surface area contributed by atoms with Crippen molar-refractivity contribution in [2.24, 2.45) is 0 Å². The van der Waals surface area contributed by atoms with Crippen molar-refractivity contribution in [2.75, 3.05) is 4.90 Å². The zero-order valence-electron chi connectivity index (χ0n) is 27.8. The van der Waals surface area contributed by atoms with Crippen molar-refractivity contribution in [2.45, 2.75) is 5.41 Å². The van der Waals surface area contributed by atoms with Crippen LogP contribution in [0.1, 0.15) is 22.3 Å². The Morgan fingerprint density at radius 3 is 1.67 bits per heavy atom. The summed E-state index contributed by atoms with van der Waals surface area (Å²) < 4.78 is 0. The molecule has 1 N–H and O–H groups in total. The molecule has 1 heterocycles. The van der Waals surface area contributed by atoms with Gasteiger partial charge in [-0.15, -0.1) is 0 Å². The summed E-state index contributed by atoms with van der Waals surface area (Å²) in [6, 6.07) is 69.2. The Balaban J connectivity index is 1.19. The van der Waals surface area contributed by atoms with Gasteiger partial charge in [-0.25, -0.2) is 0 Å². The van der Waals surface area contributed by atoms with E-state index in [0.717, 1.165) is 22.4 Å². The molecule has 0 unspecified atom stereocenters. The Morgan fingerprint density at radius 1 is 0.373 bits per heavy atom. The molecule has 1 aromatic heterocycles. The van der Waals surface area contributed by atoms with Gasteiger partial charge in [0.05, 0.1) is 11.1 Å². The molecular weight excluding hydrogens is 617 g/mol. The van der Waals surface area contributed by atoms with E-state index in [2.05, 4.69) is 198 Å². The summed E-state index contributed by atoms with van der Waals surface area (Å²) in [6.45, 7) is 0. The number of hydrogen-bond acceptors (Lipinski definition) is 1. The van der Waals surface area contributed by atoms with Gasteiger partial charge in [-0.2, -0.15) is 0 Å². The third-order valence-corrected chi connectivity index (χ3v) is 11.2. The SMILES string of the molecule is c1ccc(-c2ccc(N(c3ccc4c(c3)[nH]c3ccccc34)c3cccc4c3-c3ccccc3C43c4ccccc4-c4ccccc43)cc2)cc1. The van der Waals surface area contributed by atoms with Gasteiger partial charge in [0.1, 0.15) is 0 Å². The Kier molecular flexibility index (Phi) is 5.91. The Bertz CT molecular complexity index is 2760. The number of aromatic nitrogens is 1. The van der Waals surface area contributed by atoms with Gasteiger partial charge in [0.25, 0.3) is 0 Å². The number of hydrogen-bond donors (Lipinski definition) is 1. The van der Waals surface area contributed by atoms with Gasteiger partial charge in [0.2, 0.25) is 0 Å². The van der Waals surface area contributed by atoms with E-state index in [1.807, 2.05) is 0 Å². The molecule has 238 valence electrons. The van der Waals surface area contributed by atoms with Gasteiger partial charge < -0.3 is 9.88 Å². The average Bonchev–Trinajstić information content (AvgIpc) is 3.83. The zero-order valence-corrected chi connectivity index (χ0v) is 27.8. The summed E-state index contributed by atoms with van der Waals surface area (Å²) in [7, 11) is 0. The molecule has 51 heavy (non-hydrogen) atoms. The second-order valence-corrected chi connectivity index (χ2v) is 13.7. The highest BCUT2D eigenvalue weighted by molar-refractivity contribution is 6.09. The highest BCUT2D eigenvalue weighted by Gasteiger charge is 2.52. The van der Waals surface area contributed by atoms with Gasteiger partial charge in [-0.1, -0.05) is 152 Å². The molecule has 8 aromatic carbocycles. The smallest absolute Gasteiger partial charge is 0.0726 e. The molecule has 2 aliphatic rings. The van der Waals surface area contributed by atoms with E-state index in [1.54, 1.807) is 0 Å². The maximum atomic E-state index is 3.71. The molecule has 2 aliphatic carbocycles. The first-order valence-corrected chi connectivity index (χ1v) is 17.7. The molecule has 0 bridgehead atoms. The first-order valence-electron chi connectivity index (χ1n) is 17.7. The fourth-order valence-electron chi connectivity index (χ4n) is 9.15. The molecule has 9 aromatic rings. The minimum absolute atomic E-state index is 0.404. The van der Waals surface area contributed by atoms with Crippen LogP contribution >= 0.6 is 0 Å². The first-order chi connectivity index (χ1) is 25.3. The second-order valence-electron chi connectivity index (χ2n) is 13.7. The van der Waals surface area contributed by atoms with Gasteiger partial charge in [0.15, 0.2) is 0 Å². The van der Waals surface area contributed by atoms with Crippen LogP contribution in [-0.4, -0.2) is 4.98 Å². The van der Waals surface area contributed by atoms with Crippen LogP contribution < -0.4 is 4.90 Å². The molecule has 0 amide bonds. The number of para-hydroxylation sites is 1. The lowest BCUT2D eigenvalue weighted by Crippen LogP contribution is -2.26. The quantitative estimate of drug-likeness (QED) is 0.201. The molecule has 11 rings (SSSR count). The van der Waals surface area contributed by atoms with Gasteiger partial charge in [-0.05, 0) is 86.5 Å². The molecule has 0 radical (unpaired) electrons. The maximum absolute atomic E-state index is 3.71. The lowest BCUT2D eigenvalue weighted by Gasteiger charge is -2.32. The topological polar surface area (TPSA) is 19.0 Å². The van der Waals surface area contributed by atoms with E-state index in [1.165, 1.54) is 72.1 Å². The second kappa shape index (κ2) is 10.7. The Morgan fingerprint density at radius 2 is 0.922 bits per heavy atom. The number of benzene rings is 8. The number of rotatable bonds is 4. The van der Waals surface area contributed by atoms with Crippen molar-refractivity contribution < 1.29 is 0 Å². The van der Waals surface area contributed by atoms with Crippen molar-refractivity contribution in [1.82, 2.24) is 4.98 Å². The number of aromatic amines is 1. The van der Waals surface area contributed by atoms with Crippen molar-refractivity contribution in [3.8, 4) is 33.4 Å². The van der Waals surface area contributed by atoms with E-state index >= 15 is 0 Å². The fourth-order valence-corrected chi connectivity index (χ4v) is 9.15. The Labute approximate surface area is 296 Å². The predicted molar refractivity (Wildman–Crippen MR) is 212 cm³/mol. The van der Waals surface area contributed by atoms with Crippen molar-refractivity contribution in [3.05, 3.63) is 210 Å². The molecule has 0 saturated carbocycles. The maximum Gasteiger partial charge on any atom is 0.0726 e. The van der Waals surface area contributed by atoms with E-state index < -0.39 is 5.41 Å². The van der Waals surface area contributed by atoms with Crippen LogP contribution in [0.3, 0.4) is 0 Å². The molecule has 2 heteroatoms. The minimum Gasteiger partial charge on any atom is -0.354 e. The minimum atomic E-state index is -0.404. The lowest BCUT2D eigenvalue weighted by atomic mass is 9.70. The van der Waals surface area contributed by atoms with Gasteiger partial charge >= 0.3 is 0 Å². The normalized spacial score (nSPS) is 13.3. The van der Waals surface area contributed by atoms with Crippen LogP contribution in [0, 0.1) is 0 Å².